The van der Waals surface area contributed by atoms with Gasteiger partial charge in [-0.1, -0.05) is 48.4 Å². The van der Waals surface area contributed by atoms with Crippen LogP contribution in [0.5, 0.6) is 5.75 Å². The molecule has 2 aliphatic carbocycles. The third kappa shape index (κ3) is 11.8. The van der Waals surface area contributed by atoms with Gasteiger partial charge in [0.05, 0.1) is 44.9 Å². The largest absolute Gasteiger partial charge is 0.497 e. The molecular weight excluding hydrogens is 918 g/mol. The number of anilines is 4. The molecule has 0 spiro atoms. The highest BCUT2D eigenvalue weighted by atomic mass is 32.2. The Kier molecular flexibility index (Phi) is 14.9. The van der Waals surface area contributed by atoms with E-state index in [-0.39, 0.29) is 39.8 Å². The van der Waals surface area contributed by atoms with E-state index in [2.05, 4.69) is 62.3 Å². The van der Waals surface area contributed by atoms with Crippen molar-refractivity contribution in [2.24, 2.45) is 25.9 Å². The van der Waals surface area contributed by atoms with Crippen molar-refractivity contribution in [3.63, 3.8) is 0 Å². The number of urea groups is 2. The van der Waals surface area contributed by atoms with Gasteiger partial charge in [0.2, 0.25) is 10.3 Å². The summed E-state index contributed by atoms with van der Waals surface area (Å²) in [7, 11) is 4.98. The summed E-state index contributed by atoms with van der Waals surface area (Å²) >= 11 is 5.08. The quantitative estimate of drug-likeness (QED) is 0.0792. The number of ether oxygens (including phenoxy) is 1. The molecule has 2 saturated carbocycles. The predicted molar refractivity (Wildman–Crippen MR) is 232 cm³/mol. The summed E-state index contributed by atoms with van der Waals surface area (Å²) in [4.78, 5) is 59.3. The Labute approximate surface area is 379 Å². The van der Waals surface area contributed by atoms with Gasteiger partial charge in [-0.3, -0.25) is 20.2 Å². The number of nitrogens with zero attached hydrogens (tertiary/aromatic N) is 10. The molecule has 19 nitrogen and oxygen atoms in total. The van der Waals surface area contributed by atoms with Crippen molar-refractivity contribution >= 4 is 91.5 Å². The Morgan fingerprint density at radius 1 is 0.688 bits per heavy atom. The molecule has 2 aromatic carbocycles. The minimum Gasteiger partial charge on any atom is -0.497 e. The highest BCUT2D eigenvalue weighted by Crippen LogP contribution is 2.37. The van der Waals surface area contributed by atoms with Crippen LogP contribution in [0.4, 0.5) is 44.4 Å². The third-order valence-electron chi connectivity index (χ3n) is 10.0. The first-order valence-corrected chi connectivity index (χ1v) is 22.9. The van der Waals surface area contributed by atoms with E-state index < -0.39 is 23.8 Å². The zero-order chi connectivity index (χ0) is 45.4. The second-order valence-electron chi connectivity index (χ2n) is 14.4. The van der Waals surface area contributed by atoms with E-state index in [0.29, 0.717) is 45.3 Å². The van der Waals surface area contributed by atoms with Crippen LogP contribution in [0.1, 0.15) is 77.6 Å². The molecule has 0 saturated heterocycles. The number of methoxy groups -OCH3 is 1. The van der Waals surface area contributed by atoms with Crippen molar-refractivity contribution in [3.8, 4) is 5.75 Å². The van der Waals surface area contributed by atoms with E-state index in [9.17, 15) is 32.3 Å². The summed E-state index contributed by atoms with van der Waals surface area (Å²) in [6.07, 6.45) is 5.40. The van der Waals surface area contributed by atoms with E-state index in [4.69, 9.17) is 4.74 Å². The van der Waals surface area contributed by atoms with Crippen molar-refractivity contribution in [2.45, 2.75) is 76.3 Å². The number of halogens is 3. The Bertz CT molecular complexity index is 2620. The molecule has 0 bridgehead atoms. The van der Waals surface area contributed by atoms with Crippen molar-refractivity contribution in [1.82, 2.24) is 50.4 Å². The van der Waals surface area contributed by atoms with Crippen molar-refractivity contribution in [1.29, 1.82) is 0 Å². The Morgan fingerprint density at radius 3 is 1.56 bits per heavy atom. The average Bonchev–Trinajstić information content (AvgIpc) is 4.14. The molecule has 4 heterocycles. The lowest BCUT2D eigenvalue weighted by Gasteiger charge is -2.16. The van der Waals surface area contributed by atoms with Gasteiger partial charge >= 0.3 is 18.2 Å². The highest BCUT2D eigenvalue weighted by Gasteiger charge is 2.34. The summed E-state index contributed by atoms with van der Waals surface area (Å²) in [5.74, 6) is -0.127. The number of Topliss-reactive ketones (excluding diaryl/α,β-unsaturated/α-hetero) is 2. The van der Waals surface area contributed by atoms with Crippen LogP contribution in [0.25, 0.3) is 0 Å². The lowest BCUT2D eigenvalue weighted by atomic mass is 9.93. The number of amides is 4. The zero-order valence-corrected chi connectivity index (χ0v) is 37.5. The van der Waals surface area contributed by atoms with E-state index in [1.807, 2.05) is 0 Å². The van der Waals surface area contributed by atoms with Gasteiger partial charge in [0.15, 0.2) is 21.8 Å². The number of aromatic nitrogens is 10. The number of hydrogen-bond acceptors (Lipinski definition) is 17. The molecule has 2 fully saturated rings. The van der Waals surface area contributed by atoms with Crippen LogP contribution >= 0.6 is 46.2 Å². The summed E-state index contributed by atoms with van der Waals surface area (Å²) < 4.78 is 49.5. The van der Waals surface area contributed by atoms with E-state index in [1.54, 1.807) is 50.3 Å². The summed E-state index contributed by atoms with van der Waals surface area (Å²) in [6, 6.07) is 6.65. The van der Waals surface area contributed by atoms with E-state index in [0.717, 1.165) is 65.1 Å². The average molecular weight is 957 g/mol. The Hall–Kier alpha value is -5.99. The number of benzene rings is 2. The fraction of sp³-hybridized carbons (Fsp3) is 0.368. The van der Waals surface area contributed by atoms with Gasteiger partial charge in [0, 0.05) is 37.1 Å². The first-order valence-electron chi connectivity index (χ1n) is 19.6. The van der Waals surface area contributed by atoms with Gasteiger partial charge in [-0.25, -0.2) is 28.9 Å². The van der Waals surface area contributed by atoms with Crippen molar-refractivity contribution < 1.29 is 37.1 Å². The number of aryl methyl sites for hydroxylation is 2. The molecular formula is C38H39F3N14O5S4. The standard InChI is InChI=1S/C19H18F3N7O2S2.C19H21N7O3S2/c1-29-18(26-27-28-29)33-14-9-23-17(32-14)25-16(31)24-13-7-6-11(19(20,21)22)8-12(13)15(30)10-4-2-3-5-10;1-26-19(23-24-25-26)31-15-10-20-18(30-15)22-17(28)21-14-8-7-12(29-2)9-13(14)16(27)11-5-3-4-6-11/h6-10H,2-5H2,1H3,(H2,23,24,25,31);7-11H,3-6H2,1-2H3,(H2,20,21,22,28). The lowest BCUT2D eigenvalue weighted by Crippen LogP contribution is -2.22. The number of carbonyl (C=O) groups is 4. The number of tetrazole rings is 2. The smallest absolute Gasteiger partial charge is 0.416 e. The van der Waals surface area contributed by atoms with Crippen LogP contribution in [-0.4, -0.2) is 81.1 Å². The molecule has 4 N–H and O–H groups in total. The van der Waals surface area contributed by atoms with Gasteiger partial charge < -0.3 is 15.4 Å². The molecule has 4 aromatic heterocycles. The number of thiazole rings is 2. The van der Waals surface area contributed by atoms with E-state index >= 15 is 0 Å². The van der Waals surface area contributed by atoms with Crippen LogP contribution in [-0.2, 0) is 20.3 Å². The molecule has 2 aliphatic rings. The molecule has 8 rings (SSSR count). The van der Waals surface area contributed by atoms with Crippen LogP contribution in [0.2, 0.25) is 0 Å². The van der Waals surface area contributed by atoms with E-state index in [1.165, 1.54) is 57.1 Å². The third-order valence-corrected chi connectivity index (χ3v) is 14.1. The maximum absolute atomic E-state index is 13.2. The van der Waals surface area contributed by atoms with Crippen LogP contribution in [0.3, 0.4) is 0 Å². The number of carbonyl (C=O) groups excluding carboxylic acids is 4. The van der Waals surface area contributed by atoms with Gasteiger partial charge in [-0.05, 0) is 106 Å². The van der Waals surface area contributed by atoms with Crippen LogP contribution in [0, 0.1) is 11.8 Å². The SMILES string of the molecule is COc1ccc(NC(=O)Nc2ncc(Sc3nnnn3C)s2)c(C(=O)C2CCCC2)c1.Cn1nnnc1Sc1cnc(NC(=O)Nc2ccc(C(F)(F)F)cc2C(=O)C2CCCC2)s1. The molecule has 0 unspecified atom stereocenters. The lowest BCUT2D eigenvalue weighted by molar-refractivity contribution is -0.137. The summed E-state index contributed by atoms with van der Waals surface area (Å²) in [6.45, 7) is 0. The molecule has 0 aliphatic heterocycles. The monoisotopic (exact) mass is 956 g/mol. The predicted octanol–water partition coefficient (Wildman–Crippen LogP) is 8.70. The molecule has 6 aromatic rings. The van der Waals surface area contributed by atoms with Crippen molar-refractivity contribution in [3.05, 3.63) is 65.5 Å². The number of rotatable bonds is 13. The molecule has 26 heteroatoms. The maximum Gasteiger partial charge on any atom is 0.416 e. The topological polar surface area (TPSA) is 239 Å². The van der Waals surface area contributed by atoms with Gasteiger partial charge in [-0.2, -0.15) is 13.2 Å². The maximum atomic E-state index is 13.2. The zero-order valence-electron chi connectivity index (χ0n) is 34.2. The minimum absolute atomic E-state index is 0.00985. The molecule has 0 radical (unpaired) electrons. The first kappa shape index (κ1) is 46.0. The normalized spacial score (nSPS) is 14.2. The number of ketones is 2. The Balaban J connectivity index is 0.000000192. The van der Waals surface area contributed by atoms with Crippen LogP contribution in [0.15, 0.2) is 67.5 Å². The molecule has 64 heavy (non-hydrogen) atoms. The van der Waals surface area contributed by atoms with Gasteiger partial charge in [0.1, 0.15) is 5.75 Å². The van der Waals surface area contributed by atoms with Gasteiger partial charge in [-0.15, -0.1) is 10.2 Å². The minimum atomic E-state index is -4.60. The first-order chi connectivity index (χ1) is 30.7. The number of alkyl halides is 3. The summed E-state index contributed by atoms with van der Waals surface area (Å²) in [5.41, 5.74) is -0.140. The van der Waals surface area contributed by atoms with Gasteiger partial charge in [0.25, 0.3) is 0 Å². The number of hydrogen-bond donors (Lipinski definition) is 4. The fourth-order valence-corrected chi connectivity index (χ4v) is 10.2. The van der Waals surface area contributed by atoms with Crippen LogP contribution < -0.4 is 26.0 Å². The molecule has 0 atom stereocenters. The highest BCUT2D eigenvalue weighted by molar-refractivity contribution is 8.01. The number of nitrogens with one attached hydrogen (secondary N) is 4. The second-order valence-corrected chi connectivity index (χ2v) is 19.0. The van der Waals surface area contributed by atoms with Crippen molar-refractivity contribution in [2.75, 3.05) is 28.4 Å². The second kappa shape index (κ2) is 20.7. The summed E-state index contributed by atoms with van der Waals surface area (Å²) in [5, 5.41) is 34.8. The fourth-order valence-electron chi connectivity index (χ4n) is 6.84. The molecule has 336 valence electrons. The molecule has 4 amide bonds. The Morgan fingerprint density at radius 2 is 1.14 bits per heavy atom.